The van der Waals surface area contributed by atoms with Crippen LogP contribution in [0.2, 0.25) is 0 Å². The average molecular weight is 413 g/mol. The van der Waals surface area contributed by atoms with Crippen LogP contribution in [0.5, 0.6) is 0 Å². The molecule has 0 heterocycles. The molecule has 2 aromatic rings. The highest BCUT2D eigenvalue weighted by Gasteiger charge is 2.22. The molecule has 6 nitrogen and oxygen atoms in total. The van der Waals surface area contributed by atoms with Gasteiger partial charge in [-0.3, -0.25) is 9.63 Å². The Bertz CT molecular complexity index is 868. The van der Waals surface area contributed by atoms with Crippen LogP contribution in [0.4, 0.5) is 5.69 Å². The van der Waals surface area contributed by atoms with Gasteiger partial charge in [0.05, 0.1) is 12.0 Å². The molecule has 24 heavy (non-hydrogen) atoms. The van der Waals surface area contributed by atoms with Crippen LogP contribution >= 0.6 is 15.9 Å². The van der Waals surface area contributed by atoms with Crippen LogP contribution < -0.4 is 5.32 Å². The van der Waals surface area contributed by atoms with E-state index in [0.29, 0.717) is 5.69 Å². The number of carbonyl (C=O) groups excluding carboxylic acids is 1. The number of amides is 1. The quantitative estimate of drug-likeness (QED) is 0.764. The molecule has 0 saturated heterocycles. The van der Waals surface area contributed by atoms with Crippen molar-refractivity contribution in [2.45, 2.75) is 11.8 Å². The fourth-order valence-corrected chi connectivity index (χ4v) is 3.50. The van der Waals surface area contributed by atoms with Crippen LogP contribution in [-0.4, -0.2) is 33.0 Å². The Hall–Kier alpha value is -1.74. The first-order chi connectivity index (χ1) is 11.3. The Labute approximate surface area is 149 Å². The van der Waals surface area contributed by atoms with Crippen molar-refractivity contribution in [1.82, 2.24) is 4.47 Å². The Kier molecular flexibility index (Phi) is 5.76. The molecule has 0 aliphatic carbocycles. The molecule has 0 radical (unpaired) electrons. The molecule has 0 fully saturated rings. The number of nitrogens with one attached hydrogen (secondary N) is 1. The second kappa shape index (κ2) is 7.43. The SMILES string of the molecule is CON(C)S(=O)(=O)c1cccc(C(=O)Nc2ccc(Br)cc2C)c1. The van der Waals surface area contributed by atoms with Gasteiger partial charge in [0.15, 0.2) is 0 Å². The molecule has 0 aliphatic rings. The Balaban J connectivity index is 2.30. The van der Waals surface area contributed by atoms with Gasteiger partial charge in [-0.2, -0.15) is 0 Å². The summed E-state index contributed by atoms with van der Waals surface area (Å²) in [5.41, 5.74) is 1.79. The number of carbonyl (C=O) groups is 1. The Morgan fingerprint density at radius 2 is 1.92 bits per heavy atom. The molecule has 8 heteroatoms. The van der Waals surface area contributed by atoms with Crippen molar-refractivity contribution in [3.8, 4) is 0 Å². The molecule has 0 bridgehead atoms. The lowest BCUT2D eigenvalue weighted by molar-refractivity contribution is -0.0258. The van der Waals surface area contributed by atoms with Crippen molar-refractivity contribution >= 4 is 37.5 Å². The zero-order chi connectivity index (χ0) is 17.9. The van der Waals surface area contributed by atoms with Gasteiger partial charge in [-0.15, -0.1) is 0 Å². The van der Waals surface area contributed by atoms with Crippen LogP contribution in [-0.2, 0) is 14.9 Å². The summed E-state index contributed by atoms with van der Waals surface area (Å²) in [5, 5.41) is 2.78. The minimum absolute atomic E-state index is 0.0213. The summed E-state index contributed by atoms with van der Waals surface area (Å²) in [6.07, 6.45) is 0. The molecule has 0 aliphatic heterocycles. The normalized spacial score (nSPS) is 11.5. The predicted molar refractivity (Wildman–Crippen MR) is 95.2 cm³/mol. The topological polar surface area (TPSA) is 75.7 Å². The Morgan fingerprint density at radius 1 is 1.21 bits per heavy atom. The standard InChI is InChI=1S/C16H17BrN2O4S/c1-11-9-13(17)7-8-15(11)18-16(20)12-5-4-6-14(10-12)24(21,22)19(2)23-3/h4-10H,1-3H3,(H,18,20). The van der Waals surface area contributed by atoms with Crippen molar-refractivity contribution in [1.29, 1.82) is 0 Å². The maximum Gasteiger partial charge on any atom is 0.264 e. The van der Waals surface area contributed by atoms with Crippen molar-refractivity contribution < 1.29 is 18.0 Å². The number of hydroxylamine groups is 1. The number of halogens is 1. The number of anilines is 1. The molecule has 128 valence electrons. The third kappa shape index (κ3) is 4.02. The lowest BCUT2D eigenvalue weighted by Crippen LogP contribution is -2.26. The Morgan fingerprint density at radius 3 is 2.54 bits per heavy atom. The van der Waals surface area contributed by atoms with Gasteiger partial charge < -0.3 is 5.32 Å². The van der Waals surface area contributed by atoms with E-state index in [2.05, 4.69) is 21.2 Å². The van der Waals surface area contributed by atoms with Gasteiger partial charge in [-0.25, -0.2) is 8.42 Å². The summed E-state index contributed by atoms with van der Waals surface area (Å²) in [6.45, 7) is 1.87. The largest absolute Gasteiger partial charge is 0.322 e. The average Bonchev–Trinajstić information content (AvgIpc) is 2.56. The third-order valence-electron chi connectivity index (χ3n) is 3.43. The highest BCUT2D eigenvalue weighted by molar-refractivity contribution is 9.10. The maximum atomic E-state index is 12.4. The van der Waals surface area contributed by atoms with Gasteiger partial charge in [-0.05, 0) is 48.9 Å². The van der Waals surface area contributed by atoms with E-state index < -0.39 is 15.9 Å². The summed E-state index contributed by atoms with van der Waals surface area (Å²) in [5.74, 6) is -0.391. The number of hydrogen-bond acceptors (Lipinski definition) is 4. The molecular weight excluding hydrogens is 396 g/mol. The second-order valence-corrected chi connectivity index (χ2v) is 7.89. The van der Waals surface area contributed by atoms with Gasteiger partial charge in [0.2, 0.25) is 0 Å². The highest BCUT2D eigenvalue weighted by Crippen LogP contribution is 2.21. The smallest absolute Gasteiger partial charge is 0.264 e. The van der Waals surface area contributed by atoms with E-state index >= 15 is 0 Å². The van der Waals surface area contributed by atoms with E-state index in [1.165, 1.54) is 32.4 Å². The molecule has 0 aromatic heterocycles. The number of sulfonamides is 1. The molecule has 0 spiro atoms. The summed E-state index contributed by atoms with van der Waals surface area (Å²) in [6, 6.07) is 11.3. The first-order valence-corrected chi connectivity index (χ1v) is 9.19. The van der Waals surface area contributed by atoms with Crippen LogP contribution in [0, 0.1) is 6.92 Å². The lowest BCUT2D eigenvalue weighted by atomic mass is 10.1. The van der Waals surface area contributed by atoms with Gasteiger partial charge >= 0.3 is 0 Å². The second-order valence-electron chi connectivity index (χ2n) is 5.04. The number of hydrogen-bond donors (Lipinski definition) is 1. The van der Waals surface area contributed by atoms with E-state index in [1.807, 2.05) is 19.1 Å². The van der Waals surface area contributed by atoms with E-state index in [1.54, 1.807) is 12.1 Å². The predicted octanol–water partition coefficient (Wildman–Crippen LogP) is 3.19. The minimum atomic E-state index is -3.81. The lowest BCUT2D eigenvalue weighted by Gasteiger charge is -2.15. The van der Waals surface area contributed by atoms with Crippen molar-refractivity contribution in [3.05, 3.63) is 58.1 Å². The molecule has 1 N–H and O–H groups in total. The zero-order valence-electron chi connectivity index (χ0n) is 13.4. The minimum Gasteiger partial charge on any atom is -0.322 e. The van der Waals surface area contributed by atoms with Crippen molar-refractivity contribution in [2.75, 3.05) is 19.5 Å². The van der Waals surface area contributed by atoms with Crippen LogP contribution in [0.1, 0.15) is 15.9 Å². The van der Waals surface area contributed by atoms with Gasteiger partial charge in [0, 0.05) is 22.8 Å². The molecule has 2 rings (SSSR count). The van der Waals surface area contributed by atoms with Crippen molar-refractivity contribution in [2.24, 2.45) is 0 Å². The van der Waals surface area contributed by atoms with E-state index in [0.717, 1.165) is 14.5 Å². The summed E-state index contributed by atoms with van der Waals surface area (Å²) < 4.78 is 26.2. The first-order valence-electron chi connectivity index (χ1n) is 6.96. The van der Waals surface area contributed by atoms with Crippen LogP contribution in [0.3, 0.4) is 0 Å². The summed E-state index contributed by atoms with van der Waals surface area (Å²) in [7, 11) is -1.27. The number of aryl methyl sites for hydroxylation is 1. The van der Waals surface area contributed by atoms with E-state index in [-0.39, 0.29) is 10.5 Å². The highest BCUT2D eigenvalue weighted by atomic mass is 79.9. The summed E-state index contributed by atoms with van der Waals surface area (Å²) >= 11 is 3.36. The molecule has 2 aromatic carbocycles. The maximum absolute atomic E-state index is 12.4. The summed E-state index contributed by atoms with van der Waals surface area (Å²) in [4.78, 5) is 17.1. The molecule has 0 unspecified atom stereocenters. The first kappa shape index (κ1) is 18.6. The van der Waals surface area contributed by atoms with E-state index in [9.17, 15) is 13.2 Å². The van der Waals surface area contributed by atoms with Crippen LogP contribution in [0.15, 0.2) is 51.8 Å². The number of rotatable bonds is 5. The number of benzene rings is 2. The fourth-order valence-electron chi connectivity index (χ4n) is 2.01. The molecule has 0 saturated carbocycles. The number of nitrogens with zero attached hydrogens (tertiary/aromatic N) is 1. The fraction of sp³-hybridized carbons (Fsp3) is 0.188. The van der Waals surface area contributed by atoms with Crippen molar-refractivity contribution in [3.63, 3.8) is 0 Å². The van der Waals surface area contributed by atoms with Gasteiger partial charge in [0.25, 0.3) is 15.9 Å². The van der Waals surface area contributed by atoms with Crippen LogP contribution in [0.25, 0.3) is 0 Å². The third-order valence-corrected chi connectivity index (χ3v) is 5.60. The van der Waals surface area contributed by atoms with Gasteiger partial charge in [0.1, 0.15) is 0 Å². The monoisotopic (exact) mass is 412 g/mol. The molecular formula is C16H17BrN2O4S. The van der Waals surface area contributed by atoms with E-state index in [4.69, 9.17) is 4.84 Å². The molecule has 0 atom stereocenters. The van der Waals surface area contributed by atoms with Gasteiger partial charge in [-0.1, -0.05) is 26.5 Å². The zero-order valence-corrected chi connectivity index (χ0v) is 15.8. The molecule has 1 amide bonds.